The molecule has 6 heteroatoms. The van der Waals surface area contributed by atoms with Crippen LogP contribution < -0.4 is 10.6 Å². The van der Waals surface area contributed by atoms with Gasteiger partial charge in [-0.2, -0.15) is 0 Å². The summed E-state index contributed by atoms with van der Waals surface area (Å²) in [5, 5.41) is 6.16. The smallest absolute Gasteiger partial charge is 0.287 e. The molecule has 1 saturated heterocycles. The maximum Gasteiger partial charge on any atom is 0.287 e. The Bertz CT molecular complexity index is 830. The molecule has 0 saturated carbocycles. The molecule has 0 spiro atoms. The highest BCUT2D eigenvalue weighted by molar-refractivity contribution is 5.91. The molecule has 140 valence electrons. The molecule has 2 atom stereocenters. The van der Waals surface area contributed by atoms with Gasteiger partial charge in [-0.25, -0.2) is 0 Å². The van der Waals surface area contributed by atoms with Crippen molar-refractivity contribution >= 4 is 17.4 Å². The zero-order valence-corrected chi connectivity index (χ0v) is 15.1. The molecular formula is C21H23N3O3. The normalized spacial score (nSPS) is 22.4. The molecule has 1 fully saturated rings. The number of benzene rings is 1. The highest BCUT2D eigenvalue weighted by Gasteiger charge is 2.33. The Morgan fingerprint density at radius 3 is 2.70 bits per heavy atom. The van der Waals surface area contributed by atoms with E-state index < -0.39 is 0 Å². The van der Waals surface area contributed by atoms with E-state index in [9.17, 15) is 9.59 Å². The molecule has 27 heavy (non-hydrogen) atoms. The third-order valence-electron chi connectivity index (χ3n) is 5.17. The van der Waals surface area contributed by atoms with Crippen LogP contribution in [0.3, 0.4) is 0 Å². The first-order chi connectivity index (χ1) is 13.2. The molecule has 2 N–H and O–H groups in total. The van der Waals surface area contributed by atoms with Crippen molar-refractivity contribution < 1.29 is 14.0 Å². The minimum atomic E-state index is -0.251. The first-order valence-electron chi connectivity index (χ1n) is 9.31. The van der Waals surface area contributed by atoms with Gasteiger partial charge in [-0.15, -0.1) is 0 Å². The number of carbonyl (C=O) groups is 2. The van der Waals surface area contributed by atoms with E-state index >= 15 is 0 Å². The van der Waals surface area contributed by atoms with E-state index in [4.69, 9.17) is 4.42 Å². The van der Waals surface area contributed by atoms with Crippen LogP contribution in [0.25, 0.3) is 5.57 Å². The number of carbonyl (C=O) groups excluding carboxylic acids is 2. The molecule has 4 rings (SSSR count). The average Bonchev–Trinajstić information content (AvgIpc) is 3.40. The summed E-state index contributed by atoms with van der Waals surface area (Å²) in [7, 11) is 0. The minimum Gasteiger partial charge on any atom is -0.459 e. The summed E-state index contributed by atoms with van der Waals surface area (Å²) in [6.45, 7) is 1.94. The van der Waals surface area contributed by atoms with Crippen molar-refractivity contribution in [2.75, 3.05) is 19.6 Å². The third kappa shape index (κ3) is 3.95. The lowest BCUT2D eigenvalue weighted by molar-refractivity contribution is -0.132. The van der Waals surface area contributed by atoms with Crippen LogP contribution in [0.15, 0.2) is 59.2 Å². The van der Waals surface area contributed by atoms with Gasteiger partial charge in [0.2, 0.25) is 5.91 Å². The summed E-state index contributed by atoms with van der Waals surface area (Å²) in [6.07, 6.45) is 5.07. The summed E-state index contributed by atoms with van der Waals surface area (Å²) in [5.74, 6) is 0.154. The zero-order chi connectivity index (χ0) is 18.6. The SMILES string of the molecule is O=C(N[C@H]1CN[C@H](C(=O)N2CC=C(c3ccccc3)CC2)C1)c1ccco1. The number of nitrogens with one attached hydrogen (secondary N) is 2. The van der Waals surface area contributed by atoms with Crippen LogP contribution in [-0.2, 0) is 4.79 Å². The van der Waals surface area contributed by atoms with Gasteiger partial charge in [0.15, 0.2) is 5.76 Å². The summed E-state index contributed by atoms with van der Waals surface area (Å²) in [4.78, 5) is 26.8. The number of hydrogen-bond donors (Lipinski definition) is 2. The van der Waals surface area contributed by atoms with Crippen molar-refractivity contribution in [2.24, 2.45) is 0 Å². The second-order valence-corrected chi connectivity index (χ2v) is 6.97. The van der Waals surface area contributed by atoms with E-state index in [0.717, 1.165) is 13.0 Å². The van der Waals surface area contributed by atoms with Gasteiger partial charge in [0.05, 0.1) is 12.3 Å². The van der Waals surface area contributed by atoms with Gasteiger partial charge >= 0.3 is 0 Å². The van der Waals surface area contributed by atoms with E-state index in [1.807, 2.05) is 23.1 Å². The number of nitrogens with zero attached hydrogens (tertiary/aromatic N) is 1. The fourth-order valence-electron chi connectivity index (χ4n) is 3.70. The summed E-state index contributed by atoms with van der Waals surface area (Å²) in [5.41, 5.74) is 2.52. The molecule has 1 aromatic heterocycles. The average molecular weight is 365 g/mol. The topological polar surface area (TPSA) is 74.6 Å². The van der Waals surface area contributed by atoms with Crippen LogP contribution in [0.1, 0.15) is 29.0 Å². The Morgan fingerprint density at radius 1 is 1.15 bits per heavy atom. The van der Waals surface area contributed by atoms with Crippen molar-refractivity contribution in [3.63, 3.8) is 0 Å². The largest absolute Gasteiger partial charge is 0.459 e. The Balaban J connectivity index is 1.31. The fraction of sp³-hybridized carbons (Fsp3) is 0.333. The van der Waals surface area contributed by atoms with E-state index in [-0.39, 0.29) is 23.9 Å². The van der Waals surface area contributed by atoms with Crippen molar-refractivity contribution in [3.8, 4) is 0 Å². The van der Waals surface area contributed by atoms with Crippen LogP contribution >= 0.6 is 0 Å². The molecule has 0 unspecified atom stereocenters. The maximum atomic E-state index is 12.8. The molecule has 2 aliphatic rings. The standard InChI is InChI=1S/C21H23N3O3/c25-20(19-7-4-12-27-19)23-17-13-18(22-14-17)21(26)24-10-8-16(9-11-24)15-5-2-1-3-6-15/h1-8,12,17-18,22H,9-11,13-14H2,(H,23,25)/t17-,18+/m1/s1. The zero-order valence-electron chi connectivity index (χ0n) is 15.1. The van der Waals surface area contributed by atoms with Crippen molar-refractivity contribution in [1.82, 2.24) is 15.5 Å². The van der Waals surface area contributed by atoms with Crippen molar-refractivity contribution in [3.05, 3.63) is 66.1 Å². The molecule has 0 bridgehead atoms. The third-order valence-corrected chi connectivity index (χ3v) is 5.17. The van der Waals surface area contributed by atoms with Gasteiger partial charge < -0.3 is 20.0 Å². The van der Waals surface area contributed by atoms with E-state index in [2.05, 4.69) is 28.8 Å². The second-order valence-electron chi connectivity index (χ2n) is 6.97. The monoisotopic (exact) mass is 365 g/mol. The fourth-order valence-corrected chi connectivity index (χ4v) is 3.70. The number of hydrogen-bond acceptors (Lipinski definition) is 4. The Hall–Kier alpha value is -2.86. The van der Waals surface area contributed by atoms with E-state index in [1.165, 1.54) is 17.4 Å². The summed E-state index contributed by atoms with van der Waals surface area (Å²) in [6, 6.07) is 13.3. The molecule has 0 radical (unpaired) electrons. The Labute approximate surface area is 158 Å². The highest BCUT2D eigenvalue weighted by Crippen LogP contribution is 2.23. The number of rotatable bonds is 4. The predicted octanol–water partition coefficient (Wildman–Crippen LogP) is 2.06. The lowest BCUT2D eigenvalue weighted by Gasteiger charge is -2.29. The van der Waals surface area contributed by atoms with Gasteiger partial charge in [0.1, 0.15) is 0 Å². The van der Waals surface area contributed by atoms with Crippen LogP contribution in [0.2, 0.25) is 0 Å². The van der Waals surface area contributed by atoms with Gasteiger partial charge in [-0.3, -0.25) is 9.59 Å². The molecule has 3 heterocycles. The molecule has 2 aromatic rings. The van der Waals surface area contributed by atoms with E-state index in [0.29, 0.717) is 25.3 Å². The molecule has 1 aromatic carbocycles. The molecule has 0 aliphatic carbocycles. The van der Waals surface area contributed by atoms with Crippen LogP contribution in [0.5, 0.6) is 0 Å². The highest BCUT2D eigenvalue weighted by atomic mass is 16.3. The first kappa shape index (κ1) is 17.5. The predicted molar refractivity (Wildman–Crippen MR) is 102 cm³/mol. The lowest BCUT2D eigenvalue weighted by Crippen LogP contribution is -2.45. The van der Waals surface area contributed by atoms with Gasteiger partial charge in [-0.05, 0) is 36.1 Å². The first-order valence-corrected chi connectivity index (χ1v) is 9.31. The molecule has 2 aliphatic heterocycles. The minimum absolute atomic E-state index is 0.0724. The molecular weight excluding hydrogens is 342 g/mol. The van der Waals surface area contributed by atoms with E-state index in [1.54, 1.807) is 12.1 Å². The van der Waals surface area contributed by atoms with Crippen LogP contribution in [0, 0.1) is 0 Å². The van der Waals surface area contributed by atoms with Crippen LogP contribution in [-0.4, -0.2) is 48.4 Å². The quantitative estimate of drug-likeness (QED) is 0.870. The molecule has 6 nitrogen and oxygen atoms in total. The number of amides is 2. The second kappa shape index (κ2) is 7.80. The van der Waals surface area contributed by atoms with Crippen molar-refractivity contribution in [1.29, 1.82) is 0 Å². The Morgan fingerprint density at radius 2 is 2.00 bits per heavy atom. The summed E-state index contributed by atoms with van der Waals surface area (Å²) >= 11 is 0. The van der Waals surface area contributed by atoms with Gasteiger partial charge in [0, 0.05) is 25.7 Å². The Kier molecular flexibility index (Phi) is 5.07. The van der Waals surface area contributed by atoms with Crippen LogP contribution in [0.4, 0.5) is 0 Å². The lowest BCUT2D eigenvalue weighted by atomic mass is 9.99. The van der Waals surface area contributed by atoms with Gasteiger partial charge in [0.25, 0.3) is 5.91 Å². The molecule has 2 amide bonds. The number of furan rings is 1. The maximum absolute atomic E-state index is 12.8. The summed E-state index contributed by atoms with van der Waals surface area (Å²) < 4.78 is 5.11. The van der Waals surface area contributed by atoms with Crippen molar-refractivity contribution in [2.45, 2.75) is 24.9 Å². The van der Waals surface area contributed by atoms with Gasteiger partial charge in [-0.1, -0.05) is 36.4 Å².